The topological polar surface area (TPSA) is 37.3 Å². The molecule has 0 aliphatic carbocycles. The molecule has 0 fully saturated rings. The van der Waals surface area contributed by atoms with Crippen LogP contribution in [-0.2, 0) is 6.42 Å². The number of hydrogen-bond donors (Lipinski definition) is 1. The minimum absolute atomic E-state index is 0.0841. The molecule has 0 saturated carbocycles. The predicted molar refractivity (Wildman–Crippen MR) is 83.4 cm³/mol. The highest BCUT2D eigenvalue weighted by Gasteiger charge is 2.23. The second-order valence-electron chi connectivity index (χ2n) is 4.51. The number of benzene rings is 1. The molecule has 0 saturated heterocycles. The van der Waals surface area contributed by atoms with Crippen LogP contribution >= 0.6 is 23.3 Å². The Labute approximate surface area is 118 Å². The summed E-state index contributed by atoms with van der Waals surface area (Å²) < 4.78 is 0. The number of rotatable bonds is 5. The van der Waals surface area contributed by atoms with Crippen molar-refractivity contribution < 1.29 is 9.90 Å². The molecule has 1 rings (SSSR count). The van der Waals surface area contributed by atoms with E-state index in [-0.39, 0.29) is 11.5 Å². The number of halogens is 1. The Hall–Kier alpha value is -0.480. The molecule has 2 nitrogen and oxygen atoms in total. The van der Waals surface area contributed by atoms with Crippen molar-refractivity contribution in [2.75, 3.05) is 12.0 Å². The average molecular weight is 333 g/mol. The fourth-order valence-electron chi connectivity index (χ4n) is 1.95. The van der Waals surface area contributed by atoms with E-state index in [0.29, 0.717) is 5.56 Å². The predicted octanol–water partition coefficient (Wildman–Crippen LogP) is 4.67. The van der Waals surface area contributed by atoms with Gasteiger partial charge in [-0.1, -0.05) is 20.3 Å². The molecule has 0 aliphatic rings. The molecule has 102 valence electrons. The van der Waals surface area contributed by atoms with Gasteiger partial charge in [0.1, 0.15) is 5.75 Å². The first-order chi connectivity index (χ1) is 8.35. The summed E-state index contributed by atoms with van der Waals surface area (Å²) in [5, 5.41) is 10.3. The van der Waals surface area contributed by atoms with Gasteiger partial charge in [0.15, 0.2) is 5.78 Å². The first kappa shape index (κ1) is 15.6. The number of phenols is 1. The summed E-state index contributed by atoms with van der Waals surface area (Å²) >= 11 is 3.79. The lowest BCUT2D eigenvalue weighted by Gasteiger charge is -2.30. The first-order valence-corrected chi connectivity index (χ1v) is 10.2. The molecule has 1 unspecified atom stereocenters. The Morgan fingerprint density at radius 3 is 2.44 bits per heavy atom. The van der Waals surface area contributed by atoms with E-state index in [9.17, 15) is 9.90 Å². The Morgan fingerprint density at radius 1 is 1.39 bits per heavy atom. The van der Waals surface area contributed by atoms with Gasteiger partial charge in [0.2, 0.25) is 0 Å². The quantitative estimate of drug-likeness (QED) is 0.795. The van der Waals surface area contributed by atoms with E-state index in [1.165, 1.54) is 6.92 Å². The second-order valence-corrected chi connectivity index (χ2v) is 11.8. The molecule has 0 bridgehead atoms. The maximum absolute atomic E-state index is 11.5. The molecule has 0 radical (unpaired) electrons. The molecule has 1 N–H and O–H groups in total. The smallest absolute Gasteiger partial charge is 0.163 e. The molecular formula is C14H21BrO2S. The third-order valence-corrected chi connectivity index (χ3v) is 7.92. The van der Waals surface area contributed by atoms with Crippen molar-refractivity contribution in [2.45, 2.75) is 38.5 Å². The highest BCUT2D eigenvalue weighted by molar-refractivity contribution is 9.58. The summed E-state index contributed by atoms with van der Waals surface area (Å²) in [6.45, 7) is 5.71. The van der Waals surface area contributed by atoms with Crippen LogP contribution in [-0.4, -0.2) is 22.9 Å². The van der Waals surface area contributed by atoms with E-state index in [0.717, 1.165) is 29.1 Å². The van der Waals surface area contributed by atoms with Crippen LogP contribution in [0.3, 0.4) is 0 Å². The fraction of sp³-hybridized carbons (Fsp3) is 0.500. The van der Waals surface area contributed by atoms with Crippen molar-refractivity contribution in [2.24, 2.45) is 0 Å². The average Bonchev–Trinajstić information content (AvgIpc) is 2.31. The number of carbonyl (C=O) groups is 1. The summed E-state index contributed by atoms with van der Waals surface area (Å²) in [5.41, 5.74) is 1.36. The highest BCUT2D eigenvalue weighted by Crippen LogP contribution is 2.61. The Balaban J connectivity index is 3.45. The van der Waals surface area contributed by atoms with Crippen LogP contribution in [0.5, 0.6) is 5.75 Å². The van der Waals surface area contributed by atoms with Crippen molar-refractivity contribution in [3.8, 4) is 5.75 Å². The van der Waals surface area contributed by atoms with E-state index >= 15 is 0 Å². The molecule has 18 heavy (non-hydrogen) atoms. The SMILES string of the molecule is CCCc1c(S(C)(Br)CC)ccc(C(C)=O)c1O. The van der Waals surface area contributed by atoms with E-state index in [2.05, 4.69) is 34.9 Å². The third kappa shape index (κ3) is 3.09. The van der Waals surface area contributed by atoms with Crippen LogP contribution in [0.25, 0.3) is 0 Å². The van der Waals surface area contributed by atoms with E-state index in [1.54, 1.807) is 6.07 Å². The van der Waals surface area contributed by atoms with Crippen molar-refractivity contribution >= 4 is 29.1 Å². The monoisotopic (exact) mass is 332 g/mol. The second kappa shape index (κ2) is 6.11. The molecular weight excluding hydrogens is 312 g/mol. The fourth-order valence-corrected chi connectivity index (χ4v) is 4.23. The Morgan fingerprint density at radius 2 is 2.00 bits per heavy atom. The molecule has 1 aromatic rings. The summed E-state index contributed by atoms with van der Waals surface area (Å²) in [7, 11) is -1.07. The van der Waals surface area contributed by atoms with Gasteiger partial charge in [0.25, 0.3) is 0 Å². The number of hydrogen-bond acceptors (Lipinski definition) is 2. The van der Waals surface area contributed by atoms with Gasteiger partial charge in [-0.15, -0.1) is 0 Å². The van der Waals surface area contributed by atoms with E-state index in [1.807, 2.05) is 6.07 Å². The maximum Gasteiger partial charge on any atom is 0.163 e. The lowest BCUT2D eigenvalue weighted by molar-refractivity contribution is 0.101. The van der Waals surface area contributed by atoms with Gasteiger partial charge in [-0.3, -0.25) is 4.79 Å². The number of carbonyl (C=O) groups excluding carboxylic acids is 1. The summed E-state index contributed by atoms with van der Waals surface area (Å²) in [5.74, 6) is 1.09. The molecule has 1 atom stereocenters. The van der Waals surface area contributed by atoms with Gasteiger partial charge in [0, 0.05) is 10.5 Å². The third-order valence-electron chi connectivity index (χ3n) is 3.12. The van der Waals surface area contributed by atoms with Gasteiger partial charge in [-0.25, -0.2) is 0 Å². The summed E-state index contributed by atoms with van der Waals surface area (Å²) in [6.07, 6.45) is 3.93. The van der Waals surface area contributed by atoms with E-state index in [4.69, 9.17) is 0 Å². The largest absolute Gasteiger partial charge is 0.507 e. The molecule has 1 aromatic carbocycles. The zero-order valence-corrected chi connectivity index (χ0v) is 13.8. The Bertz CT molecular complexity index is 455. The molecule has 0 spiro atoms. The van der Waals surface area contributed by atoms with Crippen LogP contribution in [0.2, 0.25) is 0 Å². The summed E-state index contributed by atoms with van der Waals surface area (Å²) in [6, 6.07) is 3.74. The Kier molecular flexibility index (Phi) is 5.29. The van der Waals surface area contributed by atoms with Crippen LogP contribution in [0.1, 0.15) is 43.1 Å². The van der Waals surface area contributed by atoms with Gasteiger partial charge in [-0.05, 0) is 52.3 Å². The summed E-state index contributed by atoms with van der Waals surface area (Å²) in [4.78, 5) is 12.6. The number of ketones is 1. The molecule has 0 aromatic heterocycles. The number of phenolic OH excluding ortho intramolecular Hbond substituents is 1. The lowest BCUT2D eigenvalue weighted by Crippen LogP contribution is -2.03. The minimum atomic E-state index is -1.07. The zero-order chi connectivity index (χ0) is 13.9. The molecule has 0 heterocycles. The lowest BCUT2D eigenvalue weighted by atomic mass is 10.0. The molecule has 4 heteroatoms. The molecule has 0 aliphatic heterocycles. The zero-order valence-electron chi connectivity index (χ0n) is 11.4. The number of Topliss-reactive ketones (excluding diaryl/α,β-unsaturated/α-hetero) is 1. The van der Waals surface area contributed by atoms with Crippen LogP contribution < -0.4 is 0 Å². The maximum atomic E-state index is 11.5. The van der Waals surface area contributed by atoms with Crippen LogP contribution in [0.4, 0.5) is 0 Å². The van der Waals surface area contributed by atoms with Gasteiger partial charge in [0.05, 0.1) is 5.56 Å². The van der Waals surface area contributed by atoms with Gasteiger partial charge < -0.3 is 5.11 Å². The van der Waals surface area contributed by atoms with Gasteiger partial charge >= 0.3 is 0 Å². The van der Waals surface area contributed by atoms with Crippen molar-refractivity contribution in [3.05, 3.63) is 23.3 Å². The minimum Gasteiger partial charge on any atom is -0.507 e. The van der Waals surface area contributed by atoms with Crippen molar-refractivity contribution in [3.63, 3.8) is 0 Å². The highest BCUT2D eigenvalue weighted by atomic mass is 79.9. The van der Waals surface area contributed by atoms with Gasteiger partial charge in [-0.2, -0.15) is 8.46 Å². The van der Waals surface area contributed by atoms with Crippen LogP contribution in [0, 0.1) is 0 Å². The van der Waals surface area contributed by atoms with Crippen molar-refractivity contribution in [1.29, 1.82) is 0 Å². The number of aromatic hydroxyl groups is 1. The van der Waals surface area contributed by atoms with E-state index < -0.39 is 8.46 Å². The normalized spacial score (nSPS) is 16.1. The van der Waals surface area contributed by atoms with Crippen LogP contribution in [0.15, 0.2) is 17.0 Å². The van der Waals surface area contributed by atoms with Crippen molar-refractivity contribution in [1.82, 2.24) is 0 Å². The standard InChI is InChI=1S/C14H21BrO2S/c1-5-7-12-13(18(4,15)6-2)9-8-11(10(3)16)14(12)17/h8-9,17H,5-7H2,1-4H3. The first-order valence-electron chi connectivity index (χ1n) is 6.16. The molecule has 0 amide bonds.